The summed E-state index contributed by atoms with van der Waals surface area (Å²) in [6.45, 7) is -0.392. The van der Waals surface area contributed by atoms with E-state index in [2.05, 4.69) is 21.3 Å². The molecule has 184 valence electrons. The Balaban J connectivity index is 5.15. The van der Waals surface area contributed by atoms with Gasteiger partial charge in [-0.15, -0.1) is 0 Å². The second-order valence-electron chi connectivity index (χ2n) is 6.93. The molecule has 0 fully saturated rings. The van der Waals surface area contributed by atoms with Crippen LogP contribution in [-0.2, 0) is 9.59 Å². The average Bonchev–Trinajstić information content (AvgIpc) is 2.70. The van der Waals surface area contributed by atoms with Crippen LogP contribution in [0, 0.1) is 0 Å². The normalized spacial score (nSPS) is 15.5. The quantitative estimate of drug-likeness (QED) is 0.0682. The van der Waals surface area contributed by atoms with Gasteiger partial charge in [-0.05, 0) is 25.8 Å². The Bertz CT molecular complexity index is 499. The number of aliphatic hydroxyl groups excluding tert-OH is 5. The monoisotopic (exact) mass is 455 g/mol. The summed E-state index contributed by atoms with van der Waals surface area (Å²) < 4.78 is 0. The largest absolute Gasteiger partial charge is 0.396 e. The molecule has 0 aromatic rings. The second kappa shape index (κ2) is 17.1. The molecule has 0 aliphatic rings. The average molecular weight is 456 g/mol. The number of amides is 2. The lowest BCUT2D eigenvalue weighted by atomic mass is 10.1. The first-order valence-corrected chi connectivity index (χ1v) is 10.0. The fourth-order valence-electron chi connectivity index (χ4n) is 2.66. The van der Waals surface area contributed by atoms with Crippen LogP contribution in [0.15, 0.2) is 0 Å². The van der Waals surface area contributed by atoms with E-state index in [0.717, 1.165) is 0 Å². The van der Waals surface area contributed by atoms with Crippen molar-refractivity contribution in [2.24, 2.45) is 5.73 Å². The highest BCUT2D eigenvalue weighted by Gasteiger charge is 2.29. The molecule has 0 rings (SSSR count). The van der Waals surface area contributed by atoms with Crippen molar-refractivity contribution in [1.82, 2.24) is 21.3 Å². The van der Waals surface area contributed by atoms with E-state index in [1.165, 1.54) is 0 Å². The van der Waals surface area contributed by atoms with Crippen LogP contribution in [0.2, 0.25) is 0 Å². The van der Waals surface area contributed by atoms with Crippen LogP contribution in [0.3, 0.4) is 0 Å². The predicted octanol–water partition coefficient (Wildman–Crippen LogP) is -5.71. The smallest absolute Gasteiger partial charge is 0.237 e. The van der Waals surface area contributed by atoms with Gasteiger partial charge < -0.3 is 57.4 Å². The van der Waals surface area contributed by atoms with Gasteiger partial charge in [0.15, 0.2) is 12.6 Å². The number of aliphatic hydroxyl groups is 7. The van der Waals surface area contributed by atoms with Crippen molar-refractivity contribution in [3.8, 4) is 0 Å². The summed E-state index contributed by atoms with van der Waals surface area (Å²) in [6.07, 6.45) is -5.16. The molecule has 0 aromatic carbocycles. The first-order valence-electron chi connectivity index (χ1n) is 10.0. The molecule has 0 radical (unpaired) electrons. The van der Waals surface area contributed by atoms with Crippen molar-refractivity contribution in [2.75, 3.05) is 26.4 Å². The number of carbonyl (C=O) groups excluding carboxylic acids is 2. The van der Waals surface area contributed by atoms with Crippen LogP contribution in [0.1, 0.15) is 32.1 Å². The lowest BCUT2D eigenvalue weighted by molar-refractivity contribution is -0.131. The van der Waals surface area contributed by atoms with Crippen molar-refractivity contribution >= 4 is 11.8 Å². The Labute approximate surface area is 180 Å². The summed E-state index contributed by atoms with van der Waals surface area (Å²) >= 11 is 0. The number of hydrogen-bond acceptors (Lipinski definition) is 12. The van der Waals surface area contributed by atoms with E-state index in [1.807, 2.05) is 0 Å². The Morgan fingerprint density at radius 2 is 1.58 bits per heavy atom. The summed E-state index contributed by atoms with van der Waals surface area (Å²) in [5.74, 6) is -1.32. The topological polar surface area (TPSA) is 250 Å². The number of rotatable bonds is 18. The second-order valence-corrected chi connectivity index (χ2v) is 6.93. The van der Waals surface area contributed by atoms with Crippen LogP contribution in [-0.4, -0.2) is 111 Å². The minimum absolute atomic E-state index is 0.137. The first-order chi connectivity index (χ1) is 14.7. The third-order valence-corrected chi connectivity index (χ3v) is 4.37. The van der Waals surface area contributed by atoms with Crippen molar-refractivity contribution in [2.45, 2.75) is 69.0 Å². The zero-order valence-corrected chi connectivity index (χ0v) is 17.4. The number of hydrogen-bond donors (Lipinski definition) is 12. The summed E-state index contributed by atoms with van der Waals surface area (Å²) in [4.78, 5) is 24.3. The van der Waals surface area contributed by atoms with Gasteiger partial charge in [0, 0.05) is 19.5 Å². The lowest BCUT2D eigenvalue weighted by Crippen LogP contribution is -2.59. The standard InChI is InChI=1S/C17H37N5O9/c18-9-19-6-1-2-10(15(28)22-11(17(30)31)3-4-14(26)27)21-16(29)12(8-24)20-13(25)5-7-23/h10-12,14,16-17,19,21,23-24,26-27,29-31H,1-9,18H2,(H,20,25)(H,22,28). The van der Waals surface area contributed by atoms with Crippen molar-refractivity contribution < 1.29 is 45.3 Å². The summed E-state index contributed by atoms with van der Waals surface area (Å²) in [5.41, 5.74) is 5.34. The zero-order chi connectivity index (χ0) is 23.8. The molecule has 0 heterocycles. The van der Waals surface area contributed by atoms with E-state index in [4.69, 9.17) is 21.1 Å². The Morgan fingerprint density at radius 1 is 0.903 bits per heavy atom. The number of nitrogens with one attached hydrogen (secondary N) is 4. The third-order valence-electron chi connectivity index (χ3n) is 4.37. The predicted molar refractivity (Wildman–Crippen MR) is 108 cm³/mol. The highest BCUT2D eigenvalue weighted by atomic mass is 16.5. The molecule has 0 aliphatic heterocycles. The Morgan fingerprint density at radius 3 is 2.10 bits per heavy atom. The highest BCUT2D eigenvalue weighted by molar-refractivity contribution is 5.82. The number of nitrogens with two attached hydrogens (primary N) is 1. The fourth-order valence-corrected chi connectivity index (χ4v) is 2.66. The lowest BCUT2D eigenvalue weighted by Gasteiger charge is -2.29. The summed E-state index contributed by atoms with van der Waals surface area (Å²) in [5, 5.41) is 75.5. The molecule has 4 unspecified atom stereocenters. The van der Waals surface area contributed by atoms with Crippen molar-refractivity contribution in [3.05, 3.63) is 0 Å². The summed E-state index contributed by atoms with van der Waals surface area (Å²) in [7, 11) is 0. The van der Waals surface area contributed by atoms with Crippen LogP contribution in [0.4, 0.5) is 0 Å². The molecule has 0 spiro atoms. The molecule has 0 saturated carbocycles. The molecule has 2 amide bonds. The van der Waals surface area contributed by atoms with Crippen LogP contribution in [0.25, 0.3) is 0 Å². The molecule has 0 saturated heterocycles. The molecule has 4 atom stereocenters. The Kier molecular flexibility index (Phi) is 16.3. The molecule has 0 aromatic heterocycles. The number of carbonyl (C=O) groups is 2. The molecule has 0 aliphatic carbocycles. The maximum Gasteiger partial charge on any atom is 0.237 e. The van der Waals surface area contributed by atoms with Gasteiger partial charge in [-0.3, -0.25) is 14.9 Å². The Hall–Kier alpha value is -1.46. The van der Waals surface area contributed by atoms with E-state index in [1.54, 1.807) is 0 Å². The molecule has 14 heteroatoms. The van der Waals surface area contributed by atoms with Gasteiger partial charge in [-0.1, -0.05) is 0 Å². The molecule has 13 N–H and O–H groups in total. The summed E-state index contributed by atoms with van der Waals surface area (Å²) in [6, 6.07) is -3.42. The molecular formula is C17H37N5O9. The van der Waals surface area contributed by atoms with Crippen LogP contribution in [0.5, 0.6) is 0 Å². The van der Waals surface area contributed by atoms with E-state index < -0.39 is 62.0 Å². The third kappa shape index (κ3) is 13.5. The van der Waals surface area contributed by atoms with Gasteiger partial charge in [-0.25, -0.2) is 0 Å². The fraction of sp³-hybridized carbons (Fsp3) is 0.882. The van der Waals surface area contributed by atoms with E-state index in [0.29, 0.717) is 13.0 Å². The van der Waals surface area contributed by atoms with E-state index in [-0.39, 0.29) is 32.4 Å². The zero-order valence-electron chi connectivity index (χ0n) is 17.4. The van der Waals surface area contributed by atoms with E-state index >= 15 is 0 Å². The van der Waals surface area contributed by atoms with Crippen molar-refractivity contribution in [1.29, 1.82) is 0 Å². The van der Waals surface area contributed by atoms with Crippen LogP contribution < -0.4 is 27.0 Å². The molecule has 14 nitrogen and oxygen atoms in total. The maximum absolute atomic E-state index is 12.7. The SMILES string of the molecule is NCNCCCC(NC(O)C(CO)NC(=O)CCO)C(=O)NC(CCC(O)O)C(O)O. The molecule has 0 bridgehead atoms. The van der Waals surface area contributed by atoms with Gasteiger partial charge in [0.2, 0.25) is 11.8 Å². The van der Waals surface area contributed by atoms with Crippen molar-refractivity contribution in [3.63, 3.8) is 0 Å². The highest BCUT2D eigenvalue weighted by Crippen LogP contribution is 2.07. The van der Waals surface area contributed by atoms with Crippen LogP contribution >= 0.6 is 0 Å². The van der Waals surface area contributed by atoms with E-state index in [9.17, 15) is 30.0 Å². The maximum atomic E-state index is 12.7. The van der Waals surface area contributed by atoms with Gasteiger partial charge in [0.05, 0.1) is 31.3 Å². The van der Waals surface area contributed by atoms with Gasteiger partial charge in [-0.2, -0.15) is 0 Å². The van der Waals surface area contributed by atoms with Gasteiger partial charge >= 0.3 is 0 Å². The molecule has 31 heavy (non-hydrogen) atoms. The minimum atomic E-state index is -1.96. The molecular weight excluding hydrogens is 418 g/mol. The van der Waals surface area contributed by atoms with Gasteiger partial charge in [0.25, 0.3) is 0 Å². The van der Waals surface area contributed by atoms with Gasteiger partial charge in [0.1, 0.15) is 6.23 Å². The first kappa shape index (κ1) is 29.5. The minimum Gasteiger partial charge on any atom is -0.396 e.